The maximum absolute atomic E-state index is 5.84. The number of hydrogen-bond acceptors (Lipinski definition) is 3. The van der Waals surface area contributed by atoms with Gasteiger partial charge in [-0.3, -0.25) is 4.99 Å². The average Bonchev–Trinajstić information content (AvgIpc) is 2.61. The fourth-order valence-electron chi connectivity index (χ4n) is 3.02. The Balaban J connectivity index is 2.01. The molecule has 1 aromatic carbocycles. The van der Waals surface area contributed by atoms with Crippen LogP contribution < -0.4 is 4.74 Å². The molecule has 0 saturated carbocycles. The molecule has 1 heterocycles. The van der Waals surface area contributed by atoms with Crippen LogP contribution in [0.15, 0.2) is 41.4 Å². The first-order chi connectivity index (χ1) is 12.0. The molecule has 134 valence electrons. The molecule has 0 radical (unpaired) electrons. The van der Waals surface area contributed by atoms with E-state index in [2.05, 4.69) is 56.0 Å². The van der Waals surface area contributed by atoms with Crippen molar-refractivity contribution in [1.82, 2.24) is 4.98 Å². The Kier molecular flexibility index (Phi) is 7.17. The zero-order valence-corrected chi connectivity index (χ0v) is 16.1. The van der Waals surface area contributed by atoms with Crippen LogP contribution in [-0.2, 0) is 6.61 Å². The Morgan fingerprint density at radius 3 is 2.44 bits per heavy atom. The molecule has 3 heteroatoms. The van der Waals surface area contributed by atoms with Crippen LogP contribution in [0.2, 0.25) is 0 Å². The van der Waals surface area contributed by atoms with E-state index in [0.29, 0.717) is 24.3 Å². The highest BCUT2D eigenvalue weighted by Crippen LogP contribution is 2.23. The van der Waals surface area contributed by atoms with Crippen LogP contribution in [0, 0.1) is 25.7 Å². The van der Waals surface area contributed by atoms with E-state index in [0.717, 1.165) is 11.4 Å². The van der Waals surface area contributed by atoms with Crippen molar-refractivity contribution in [2.24, 2.45) is 16.8 Å². The lowest BCUT2D eigenvalue weighted by molar-refractivity contribution is 0.292. The van der Waals surface area contributed by atoms with Gasteiger partial charge in [0.25, 0.3) is 0 Å². The van der Waals surface area contributed by atoms with Crippen molar-refractivity contribution < 1.29 is 4.74 Å². The minimum atomic E-state index is 0.478. The predicted octanol–water partition coefficient (Wildman–Crippen LogP) is 6.05. The minimum Gasteiger partial charge on any atom is -0.473 e. The number of aryl methyl sites for hydroxylation is 2. The van der Waals surface area contributed by atoms with Crippen molar-refractivity contribution in [3.8, 4) is 5.88 Å². The molecule has 0 aliphatic rings. The maximum atomic E-state index is 5.84. The van der Waals surface area contributed by atoms with E-state index in [-0.39, 0.29) is 0 Å². The standard InChI is InChI=1S/C22H30N2O/c1-6-19(7-2)17(4)14-23-21-12-13-22(24-18(21)5)25-15-20-11-9-8-10-16(20)3/h8-14,17,19H,6-7,15H2,1-5H3. The van der Waals surface area contributed by atoms with E-state index >= 15 is 0 Å². The van der Waals surface area contributed by atoms with Gasteiger partial charge in [-0.25, -0.2) is 4.98 Å². The van der Waals surface area contributed by atoms with Crippen molar-refractivity contribution in [2.75, 3.05) is 0 Å². The van der Waals surface area contributed by atoms with Crippen LogP contribution in [0.5, 0.6) is 5.88 Å². The molecule has 2 rings (SSSR count). The van der Waals surface area contributed by atoms with E-state index in [1.54, 1.807) is 0 Å². The summed E-state index contributed by atoms with van der Waals surface area (Å²) in [7, 11) is 0. The number of hydrogen-bond donors (Lipinski definition) is 0. The van der Waals surface area contributed by atoms with Gasteiger partial charge in [-0.05, 0) is 42.9 Å². The number of ether oxygens (including phenoxy) is 1. The van der Waals surface area contributed by atoms with Gasteiger partial charge in [0, 0.05) is 12.3 Å². The molecular formula is C22H30N2O. The summed E-state index contributed by atoms with van der Waals surface area (Å²) in [5.74, 6) is 1.81. The number of aliphatic imine (C=N–C) groups is 1. The van der Waals surface area contributed by atoms with Crippen molar-refractivity contribution in [3.63, 3.8) is 0 Å². The van der Waals surface area contributed by atoms with E-state index in [4.69, 9.17) is 4.74 Å². The second-order valence-electron chi connectivity index (χ2n) is 6.68. The van der Waals surface area contributed by atoms with Crippen LogP contribution in [0.1, 0.15) is 50.4 Å². The zero-order valence-electron chi connectivity index (χ0n) is 16.1. The van der Waals surface area contributed by atoms with Crippen LogP contribution in [0.4, 0.5) is 5.69 Å². The van der Waals surface area contributed by atoms with Gasteiger partial charge in [-0.15, -0.1) is 0 Å². The van der Waals surface area contributed by atoms with Crippen molar-refractivity contribution >= 4 is 11.9 Å². The molecule has 0 aliphatic heterocycles. The van der Waals surface area contributed by atoms with Gasteiger partial charge < -0.3 is 4.74 Å². The highest BCUT2D eigenvalue weighted by atomic mass is 16.5. The summed E-state index contributed by atoms with van der Waals surface area (Å²) in [6.45, 7) is 11.3. The lowest BCUT2D eigenvalue weighted by Gasteiger charge is -2.16. The molecular weight excluding hydrogens is 308 g/mol. The number of benzene rings is 1. The van der Waals surface area contributed by atoms with E-state index < -0.39 is 0 Å². The molecule has 0 fully saturated rings. The molecule has 3 nitrogen and oxygen atoms in total. The lowest BCUT2D eigenvalue weighted by atomic mass is 9.90. The molecule has 25 heavy (non-hydrogen) atoms. The van der Waals surface area contributed by atoms with Gasteiger partial charge in [-0.1, -0.05) is 57.9 Å². The molecule has 1 unspecified atom stereocenters. The molecule has 0 aliphatic carbocycles. The van der Waals surface area contributed by atoms with Gasteiger partial charge in [0.2, 0.25) is 5.88 Å². The second kappa shape index (κ2) is 9.36. The molecule has 0 bridgehead atoms. The zero-order chi connectivity index (χ0) is 18.2. The third-order valence-electron chi connectivity index (χ3n) is 4.91. The SMILES string of the molecule is CCC(CC)C(C)C=Nc1ccc(OCc2ccccc2C)nc1C. The number of pyridine rings is 1. The first-order valence-electron chi connectivity index (χ1n) is 9.24. The highest BCUT2D eigenvalue weighted by molar-refractivity contribution is 5.66. The Labute approximate surface area is 152 Å². The molecule has 1 aromatic heterocycles. The van der Waals surface area contributed by atoms with Gasteiger partial charge in [0.1, 0.15) is 6.61 Å². The van der Waals surface area contributed by atoms with Gasteiger partial charge in [-0.2, -0.15) is 0 Å². The number of nitrogens with zero attached hydrogens (tertiary/aromatic N) is 2. The van der Waals surface area contributed by atoms with Gasteiger partial charge in [0.05, 0.1) is 11.4 Å². The Bertz CT molecular complexity index is 705. The predicted molar refractivity (Wildman–Crippen MR) is 106 cm³/mol. The average molecular weight is 338 g/mol. The Morgan fingerprint density at radius 2 is 1.80 bits per heavy atom. The summed E-state index contributed by atoms with van der Waals surface area (Å²) >= 11 is 0. The first-order valence-corrected chi connectivity index (χ1v) is 9.24. The van der Waals surface area contributed by atoms with Crippen LogP contribution in [0.25, 0.3) is 0 Å². The largest absolute Gasteiger partial charge is 0.473 e. The monoisotopic (exact) mass is 338 g/mol. The van der Waals surface area contributed by atoms with E-state index in [1.807, 2.05) is 31.2 Å². The molecule has 0 spiro atoms. The topological polar surface area (TPSA) is 34.5 Å². The first kappa shape index (κ1) is 19.2. The lowest BCUT2D eigenvalue weighted by Crippen LogP contribution is -2.10. The van der Waals surface area contributed by atoms with Crippen molar-refractivity contribution in [1.29, 1.82) is 0 Å². The maximum Gasteiger partial charge on any atom is 0.213 e. The fourth-order valence-corrected chi connectivity index (χ4v) is 3.02. The normalized spacial score (nSPS) is 12.7. The quantitative estimate of drug-likeness (QED) is 0.549. The number of aromatic nitrogens is 1. The second-order valence-corrected chi connectivity index (χ2v) is 6.68. The van der Waals surface area contributed by atoms with E-state index in [1.165, 1.54) is 24.0 Å². The summed E-state index contributed by atoms with van der Waals surface area (Å²) in [4.78, 5) is 9.20. The van der Waals surface area contributed by atoms with E-state index in [9.17, 15) is 0 Å². The summed E-state index contributed by atoms with van der Waals surface area (Å²) in [5, 5.41) is 0. The van der Waals surface area contributed by atoms with Gasteiger partial charge in [0.15, 0.2) is 0 Å². The molecule has 1 atom stereocenters. The highest BCUT2D eigenvalue weighted by Gasteiger charge is 2.11. The minimum absolute atomic E-state index is 0.478. The van der Waals surface area contributed by atoms with Crippen molar-refractivity contribution in [2.45, 2.75) is 54.1 Å². The summed E-state index contributed by atoms with van der Waals surface area (Å²) in [6, 6.07) is 12.1. The molecule has 0 saturated heterocycles. The fraction of sp³-hybridized carbons (Fsp3) is 0.455. The van der Waals surface area contributed by atoms with Crippen LogP contribution in [-0.4, -0.2) is 11.2 Å². The molecule has 2 aromatic rings. The molecule has 0 amide bonds. The Morgan fingerprint density at radius 1 is 1.08 bits per heavy atom. The van der Waals surface area contributed by atoms with Crippen LogP contribution in [0.3, 0.4) is 0 Å². The number of rotatable bonds is 8. The third-order valence-corrected chi connectivity index (χ3v) is 4.91. The smallest absolute Gasteiger partial charge is 0.213 e. The Hall–Kier alpha value is -2.16. The van der Waals surface area contributed by atoms with Crippen LogP contribution >= 0.6 is 0 Å². The summed E-state index contributed by atoms with van der Waals surface area (Å²) in [5.41, 5.74) is 4.23. The summed E-state index contributed by atoms with van der Waals surface area (Å²) in [6.07, 6.45) is 4.44. The van der Waals surface area contributed by atoms with Crippen molar-refractivity contribution in [3.05, 3.63) is 53.2 Å². The summed E-state index contributed by atoms with van der Waals surface area (Å²) < 4.78 is 5.84. The van der Waals surface area contributed by atoms with Gasteiger partial charge >= 0.3 is 0 Å². The third kappa shape index (κ3) is 5.42. The molecule has 0 N–H and O–H groups in total.